The molecule has 15 heavy (non-hydrogen) atoms. The van der Waals surface area contributed by atoms with Crippen molar-refractivity contribution in [3.8, 4) is 0 Å². The lowest BCUT2D eigenvalue weighted by molar-refractivity contribution is 0.628. The number of anilines is 1. The van der Waals surface area contributed by atoms with Crippen molar-refractivity contribution < 1.29 is 0 Å². The van der Waals surface area contributed by atoms with Crippen LogP contribution in [0.1, 0.15) is 31.4 Å². The molecule has 0 aliphatic carbocycles. The van der Waals surface area contributed by atoms with Gasteiger partial charge in [-0.3, -0.25) is 0 Å². The molecule has 0 fully saturated rings. The summed E-state index contributed by atoms with van der Waals surface area (Å²) in [5.41, 5.74) is 5.81. The minimum atomic E-state index is 0.121. The van der Waals surface area contributed by atoms with Gasteiger partial charge in [-0.15, -0.1) is 0 Å². The van der Waals surface area contributed by atoms with Crippen molar-refractivity contribution in [1.82, 2.24) is 0 Å². The van der Waals surface area contributed by atoms with E-state index in [4.69, 9.17) is 0 Å². The quantitative estimate of drug-likeness (QED) is 0.620. The summed E-state index contributed by atoms with van der Waals surface area (Å²) in [5, 5.41) is 0. The zero-order valence-electron chi connectivity index (χ0n) is 9.51. The van der Waals surface area contributed by atoms with Gasteiger partial charge in [-0.1, -0.05) is 38.6 Å². The SMILES string of the molecule is C=C1N2CCCc3cccc(c32)C1(C)C. The number of benzene rings is 1. The summed E-state index contributed by atoms with van der Waals surface area (Å²) in [6.45, 7) is 9.98. The molecular weight excluding hydrogens is 182 g/mol. The molecule has 0 saturated carbocycles. The number of aryl methyl sites for hydroxylation is 1. The van der Waals surface area contributed by atoms with Crippen LogP contribution >= 0.6 is 0 Å². The Hall–Kier alpha value is -1.24. The van der Waals surface area contributed by atoms with Crippen LogP contribution in [0.3, 0.4) is 0 Å². The van der Waals surface area contributed by atoms with Crippen LogP contribution in [-0.2, 0) is 11.8 Å². The number of para-hydroxylation sites is 1. The standard InChI is InChI=1S/C14H17N/c1-10-14(2,3)12-8-4-6-11-7-5-9-15(10)13(11)12/h4,6,8H,1,5,7,9H2,2-3H3. The molecule has 0 radical (unpaired) electrons. The second kappa shape index (κ2) is 2.66. The highest BCUT2D eigenvalue weighted by atomic mass is 15.2. The lowest BCUT2D eigenvalue weighted by atomic mass is 9.84. The van der Waals surface area contributed by atoms with Crippen LogP contribution < -0.4 is 4.90 Å². The topological polar surface area (TPSA) is 3.24 Å². The second-order valence-corrected chi connectivity index (χ2v) is 5.14. The fraction of sp³-hybridized carbons (Fsp3) is 0.429. The molecule has 0 unspecified atom stereocenters. The summed E-state index contributed by atoms with van der Waals surface area (Å²) in [4.78, 5) is 2.42. The van der Waals surface area contributed by atoms with Gasteiger partial charge in [-0.05, 0) is 24.0 Å². The summed E-state index contributed by atoms with van der Waals surface area (Å²) in [7, 11) is 0. The molecule has 1 aromatic rings. The Balaban J connectivity index is 2.31. The van der Waals surface area contributed by atoms with E-state index in [0.29, 0.717) is 0 Å². The summed E-state index contributed by atoms with van der Waals surface area (Å²) in [6, 6.07) is 6.72. The van der Waals surface area contributed by atoms with E-state index in [2.05, 4.69) is 43.5 Å². The van der Waals surface area contributed by atoms with Crippen molar-refractivity contribution in [2.24, 2.45) is 0 Å². The van der Waals surface area contributed by atoms with Crippen LogP contribution in [0.4, 0.5) is 5.69 Å². The average Bonchev–Trinajstić information content (AvgIpc) is 2.43. The third-order valence-corrected chi connectivity index (χ3v) is 3.94. The van der Waals surface area contributed by atoms with Gasteiger partial charge in [0.1, 0.15) is 0 Å². The molecule has 3 rings (SSSR count). The highest BCUT2D eigenvalue weighted by molar-refractivity contribution is 5.74. The zero-order chi connectivity index (χ0) is 10.6. The largest absolute Gasteiger partial charge is 0.344 e. The van der Waals surface area contributed by atoms with E-state index in [1.165, 1.54) is 35.4 Å². The molecule has 0 bridgehead atoms. The Labute approximate surface area is 91.4 Å². The molecule has 1 aromatic carbocycles. The van der Waals surface area contributed by atoms with Gasteiger partial charge < -0.3 is 4.90 Å². The van der Waals surface area contributed by atoms with Gasteiger partial charge >= 0.3 is 0 Å². The van der Waals surface area contributed by atoms with Crippen molar-refractivity contribution in [3.05, 3.63) is 41.6 Å². The van der Waals surface area contributed by atoms with Gasteiger partial charge in [0.15, 0.2) is 0 Å². The Morgan fingerprint density at radius 1 is 1.33 bits per heavy atom. The van der Waals surface area contributed by atoms with Gasteiger partial charge in [0.05, 0.1) is 0 Å². The lowest BCUT2D eigenvalue weighted by Gasteiger charge is -2.29. The van der Waals surface area contributed by atoms with E-state index in [9.17, 15) is 0 Å². The molecule has 78 valence electrons. The van der Waals surface area contributed by atoms with Crippen LogP contribution in [0.15, 0.2) is 30.5 Å². The molecule has 0 N–H and O–H groups in total. The lowest BCUT2D eigenvalue weighted by Crippen LogP contribution is -2.28. The fourth-order valence-corrected chi connectivity index (χ4v) is 2.92. The highest BCUT2D eigenvalue weighted by Crippen LogP contribution is 2.50. The average molecular weight is 199 g/mol. The first-order valence-corrected chi connectivity index (χ1v) is 5.71. The molecule has 0 amide bonds. The van der Waals surface area contributed by atoms with Crippen molar-refractivity contribution in [2.75, 3.05) is 11.4 Å². The predicted octanol–water partition coefficient (Wildman–Crippen LogP) is 3.24. The predicted molar refractivity (Wildman–Crippen MR) is 64.3 cm³/mol. The van der Waals surface area contributed by atoms with Gasteiger partial charge in [-0.2, -0.15) is 0 Å². The Kier molecular flexibility index (Phi) is 1.60. The Bertz CT molecular complexity index is 443. The second-order valence-electron chi connectivity index (χ2n) is 5.14. The molecule has 0 atom stereocenters. The van der Waals surface area contributed by atoms with E-state index >= 15 is 0 Å². The molecule has 0 spiro atoms. The van der Waals surface area contributed by atoms with Crippen LogP contribution in [0.25, 0.3) is 0 Å². The first kappa shape index (κ1) is 9.02. The van der Waals surface area contributed by atoms with Crippen LogP contribution in [-0.4, -0.2) is 6.54 Å². The number of hydrogen-bond acceptors (Lipinski definition) is 1. The maximum absolute atomic E-state index is 4.27. The first-order chi connectivity index (χ1) is 7.12. The molecule has 0 saturated heterocycles. The van der Waals surface area contributed by atoms with Gasteiger partial charge in [0.2, 0.25) is 0 Å². The maximum atomic E-state index is 4.27. The van der Waals surface area contributed by atoms with Crippen molar-refractivity contribution >= 4 is 5.69 Å². The molecular formula is C14H17N. The molecule has 2 heterocycles. The van der Waals surface area contributed by atoms with E-state index in [0.717, 1.165) is 6.54 Å². The van der Waals surface area contributed by atoms with Gasteiger partial charge in [0, 0.05) is 23.3 Å². The van der Waals surface area contributed by atoms with Gasteiger partial charge in [-0.25, -0.2) is 0 Å². The summed E-state index contributed by atoms with van der Waals surface area (Å²) in [6.07, 6.45) is 2.48. The minimum Gasteiger partial charge on any atom is -0.344 e. The molecule has 1 nitrogen and oxygen atoms in total. The van der Waals surface area contributed by atoms with Gasteiger partial charge in [0.25, 0.3) is 0 Å². The fourth-order valence-electron chi connectivity index (χ4n) is 2.92. The monoisotopic (exact) mass is 199 g/mol. The Morgan fingerprint density at radius 2 is 2.13 bits per heavy atom. The third-order valence-electron chi connectivity index (χ3n) is 3.94. The summed E-state index contributed by atoms with van der Waals surface area (Å²) < 4.78 is 0. The molecule has 0 aromatic heterocycles. The summed E-state index contributed by atoms with van der Waals surface area (Å²) >= 11 is 0. The van der Waals surface area contributed by atoms with Crippen molar-refractivity contribution in [3.63, 3.8) is 0 Å². The smallest absolute Gasteiger partial charge is 0.0482 e. The van der Waals surface area contributed by atoms with E-state index < -0.39 is 0 Å². The van der Waals surface area contributed by atoms with Crippen LogP contribution in [0, 0.1) is 0 Å². The van der Waals surface area contributed by atoms with E-state index in [1.807, 2.05) is 0 Å². The molecule has 1 heteroatoms. The molecule has 2 aliphatic heterocycles. The van der Waals surface area contributed by atoms with Crippen molar-refractivity contribution in [2.45, 2.75) is 32.1 Å². The molecule has 2 aliphatic rings. The zero-order valence-corrected chi connectivity index (χ0v) is 9.51. The normalized spacial score (nSPS) is 21.7. The summed E-state index contributed by atoms with van der Waals surface area (Å²) in [5.74, 6) is 0. The number of allylic oxidation sites excluding steroid dienone is 1. The van der Waals surface area contributed by atoms with Crippen LogP contribution in [0.5, 0.6) is 0 Å². The Morgan fingerprint density at radius 3 is 2.93 bits per heavy atom. The number of rotatable bonds is 0. The van der Waals surface area contributed by atoms with Crippen LogP contribution in [0.2, 0.25) is 0 Å². The van der Waals surface area contributed by atoms with E-state index in [1.54, 1.807) is 0 Å². The highest BCUT2D eigenvalue weighted by Gasteiger charge is 2.40. The maximum Gasteiger partial charge on any atom is 0.0482 e. The number of hydrogen-bond donors (Lipinski definition) is 0. The van der Waals surface area contributed by atoms with Crippen molar-refractivity contribution in [1.29, 1.82) is 0 Å². The third kappa shape index (κ3) is 0.983. The number of nitrogens with zero attached hydrogens (tertiary/aromatic N) is 1. The minimum absolute atomic E-state index is 0.121. The first-order valence-electron chi connectivity index (χ1n) is 5.71. The van der Waals surface area contributed by atoms with E-state index in [-0.39, 0.29) is 5.41 Å².